The van der Waals surface area contributed by atoms with Crippen LogP contribution < -0.4 is 5.32 Å². The highest BCUT2D eigenvalue weighted by atomic mass is 16.6. The topological polar surface area (TPSA) is 81.5 Å². The van der Waals surface area contributed by atoms with Crippen LogP contribution >= 0.6 is 0 Å². The molecule has 0 bridgehead atoms. The van der Waals surface area contributed by atoms with Crippen molar-refractivity contribution in [2.75, 3.05) is 11.9 Å². The number of terminal acetylenes is 1. The predicted octanol–water partition coefficient (Wildman–Crippen LogP) is 1.78. The van der Waals surface area contributed by atoms with Crippen LogP contribution in [0, 0.1) is 22.5 Å². The zero-order chi connectivity index (χ0) is 12.0. The molecule has 0 saturated carbocycles. The van der Waals surface area contributed by atoms with Gasteiger partial charge in [-0.25, -0.2) is 4.79 Å². The number of ether oxygens (including phenoxy) is 1. The number of benzene rings is 1. The van der Waals surface area contributed by atoms with Gasteiger partial charge in [0.25, 0.3) is 5.69 Å². The monoisotopic (exact) mass is 220 g/mol. The normalized spacial score (nSPS) is 8.94. The van der Waals surface area contributed by atoms with E-state index in [-0.39, 0.29) is 18.0 Å². The van der Waals surface area contributed by atoms with Crippen LogP contribution in [-0.4, -0.2) is 17.6 Å². The number of nitrogens with zero attached hydrogens (tertiary/aromatic N) is 1. The minimum atomic E-state index is -0.751. The smallest absolute Gasteiger partial charge is 0.412 e. The van der Waals surface area contributed by atoms with Gasteiger partial charge in [-0.2, -0.15) is 0 Å². The fraction of sp³-hybridized carbons (Fsp3) is 0.100. The van der Waals surface area contributed by atoms with Crippen LogP contribution in [0.3, 0.4) is 0 Å². The molecule has 1 rings (SSSR count). The molecule has 0 aliphatic carbocycles. The van der Waals surface area contributed by atoms with Gasteiger partial charge in [0, 0.05) is 12.1 Å². The molecule has 6 nitrogen and oxygen atoms in total. The third-order valence-electron chi connectivity index (χ3n) is 1.59. The molecule has 16 heavy (non-hydrogen) atoms. The van der Waals surface area contributed by atoms with Crippen molar-refractivity contribution in [3.8, 4) is 12.3 Å². The molecule has 0 aliphatic rings. The summed E-state index contributed by atoms with van der Waals surface area (Å²) < 4.78 is 4.54. The summed E-state index contributed by atoms with van der Waals surface area (Å²) in [5.74, 6) is 2.12. The fourth-order valence-corrected chi connectivity index (χ4v) is 0.958. The molecule has 0 atom stereocenters. The first-order chi connectivity index (χ1) is 7.63. The molecule has 0 aromatic heterocycles. The Bertz CT molecular complexity index is 450. The van der Waals surface area contributed by atoms with E-state index in [1.165, 1.54) is 24.3 Å². The molecule has 1 amide bonds. The molecular formula is C10H8N2O4. The second-order valence-electron chi connectivity index (χ2n) is 2.71. The molecule has 0 heterocycles. The average molecular weight is 220 g/mol. The lowest BCUT2D eigenvalue weighted by Crippen LogP contribution is -2.13. The van der Waals surface area contributed by atoms with Crippen LogP contribution in [0.15, 0.2) is 24.3 Å². The Morgan fingerprint density at radius 3 is 3.00 bits per heavy atom. The molecule has 0 aliphatic heterocycles. The Balaban J connectivity index is 2.67. The number of non-ortho nitro benzene ring substituents is 1. The van der Waals surface area contributed by atoms with Crippen LogP contribution in [-0.2, 0) is 4.74 Å². The van der Waals surface area contributed by atoms with E-state index in [2.05, 4.69) is 16.0 Å². The predicted molar refractivity (Wildman–Crippen MR) is 56.9 cm³/mol. The largest absolute Gasteiger partial charge is 0.436 e. The molecule has 1 N–H and O–H groups in total. The summed E-state index contributed by atoms with van der Waals surface area (Å²) in [6, 6.07) is 5.49. The van der Waals surface area contributed by atoms with Crippen molar-refractivity contribution in [2.45, 2.75) is 0 Å². The molecule has 0 radical (unpaired) electrons. The quantitative estimate of drug-likeness (QED) is 0.478. The molecule has 82 valence electrons. The fourth-order valence-electron chi connectivity index (χ4n) is 0.958. The third-order valence-corrected chi connectivity index (χ3v) is 1.59. The molecule has 0 spiro atoms. The number of amides is 1. The summed E-state index contributed by atoms with van der Waals surface area (Å²) in [4.78, 5) is 20.9. The first-order valence-electron chi connectivity index (χ1n) is 4.25. The summed E-state index contributed by atoms with van der Waals surface area (Å²) in [5, 5.41) is 12.8. The molecule has 0 fully saturated rings. The third kappa shape index (κ3) is 3.31. The van der Waals surface area contributed by atoms with Crippen LogP contribution in [0.2, 0.25) is 0 Å². The van der Waals surface area contributed by atoms with Gasteiger partial charge in [-0.3, -0.25) is 15.4 Å². The summed E-state index contributed by atoms with van der Waals surface area (Å²) >= 11 is 0. The number of carbonyl (C=O) groups is 1. The first-order valence-corrected chi connectivity index (χ1v) is 4.25. The number of nitro groups is 1. The average Bonchev–Trinajstić information content (AvgIpc) is 2.26. The van der Waals surface area contributed by atoms with Crippen LogP contribution in [0.1, 0.15) is 0 Å². The van der Waals surface area contributed by atoms with E-state index in [9.17, 15) is 14.9 Å². The molecule has 0 saturated heterocycles. The summed E-state index contributed by atoms with van der Waals surface area (Å²) in [5.41, 5.74) is 0.158. The lowest BCUT2D eigenvalue weighted by molar-refractivity contribution is -0.384. The van der Waals surface area contributed by atoms with Gasteiger partial charge in [0.1, 0.15) is 0 Å². The van der Waals surface area contributed by atoms with Gasteiger partial charge >= 0.3 is 6.09 Å². The maximum absolute atomic E-state index is 11.1. The van der Waals surface area contributed by atoms with Gasteiger partial charge < -0.3 is 4.74 Å². The molecule has 6 heteroatoms. The van der Waals surface area contributed by atoms with Crippen LogP contribution in [0.5, 0.6) is 0 Å². The highest BCUT2D eigenvalue weighted by molar-refractivity contribution is 5.85. The Morgan fingerprint density at radius 1 is 1.62 bits per heavy atom. The van der Waals surface area contributed by atoms with Gasteiger partial charge in [-0.05, 0) is 6.07 Å². The molecule has 1 aromatic carbocycles. The Morgan fingerprint density at radius 2 is 2.38 bits per heavy atom. The van der Waals surface area contributed by atoms with Crippen molar-refractivity contribution in [3.63, 3.8) is 0 Å². The van der Waals surface area contributed by atoms with Crippen LogP contribution in [0.25, 0.3) is 0 Å². The maximum Gasteiger partial charge on any atom is 0.412 e. The van der Waals surface area contributed by atoms with Gasteiger partial charge in [0.2, 0.25) is 0 Å². The van der Waals surface area contributed by atoms with Gasteiger partial charge in [0.15, 0.2) is 6.61 Å². The number of nitro benzene ring substituents is 1. The maximum atomic E-state index is 11.1. The van der Waals surface area contributed by atoms with Gasteiger partial charge in [-0.15, -0.1) is 6.42 Å². The number of nitrogens with one attached hydrogen (secondary N) is 1. The molecule has 1 aromatic rings. The Hall–Kier alpha value is -2.55. The van der Waals surface area contributed by atoms with Crippen molar-refractivity contribution < 1.29 is 14.5 Å². The number of hydrogen-bond donors (Lipinski definition) is 1. The number of anilines is 1. The Labute approximate surface area is 91.4 Å². The van der Waals surface area contributed by atoms with E-state index in [0.717, 1.165) is 0 Å². The minimum Gasteiger partial charge on any atom is -0.436 e. The second-order valence-corrected chi connectivity index (χ2v) is 2.71. The second kappa shape index (κ2) is 5.36. The van der Waals surface area contributed by atoms with Crippen molar-refractivity contribution in [3.05, 3.63) is 34.4 Å². The zero-order valence-corrected chi connectivity index (χ0v) is 8.17. The van der Waals surface area contributed by atoms with E-state index >= 15 is 0 Å². The van der Waals surface area contributed by atoms with Crippen LogP contribution in [0.4, 0.5) is 16.2 Å². The number of rotatable bonds is 3. The number of hydrogen-bond acceptors (Lipinski definition) is 4. The van der Waals surface area contributed by atoms with Crippen molar-refractivity contribution in [1.82, 2.24) is 0 Å². The van der Waals surface area contributed by atoms with E-state index < -0.39 is 11.0 Å². The highest BCUT2D eigenvalue weighted by Gasteiger charge is 2.07. The standard InChI is InChI=1S/C10H8N2O4/c1-2-6-16-10(13)11-8-4-3-5-9(7-8)12(14)15/h1,3-5,7H,6H2,(H,11,13). The molecular weight excluding hydrogens is 212 g/mol. The van der Waals surface area contributed by atoms with E-state index in [4.69, 9.17) is 6.42 Å². The minimum absolute atomic E-state index is 0.116. The van der Waals surface area contributed by atoms with Crippen molar-refractivity contribution in [2.24, 2.45) is 0 Å². The van der Waals surface area contributed by atoms with E-state index in [1.54, 1.807) is 0 Å². The van der Waals surface area contributed by atoms with Gasteiger partial charge in [-0.1, -0.05) is 12.0 Å². The lowest BCUT2D eigenvalue weighted by Gasteiger charge is -2.03. The van der Waals surface area contributed by atoms with Gasteiger partial charge in [0.05, 0.1) is 10.6 Å². The summed E-state index contributed by atoms with van der Waals surface area (Å²) in [7, 11) is 0. The highest BCUT2D eigenvalue weighted by Crippen LogP contribution is 2.16. The lowest BCUT2D eigenvalue weighted by atomic mass is 10.3. The Kier molecular flexibility index (Phi) is 3.86. The van der Waals surface area contributed by atoms with Crippen molar-refractivity contribution in [1.29, 1.82) is 0 Å². The van der Waals surface area contributed by atoms with Crippen molar-refractivity contribution >= 4 is 17.5 Å². The zero-order valence-electron chi connectivity index (χ0n) is 8.17. The SMILES string of the molecule is C#CCOC(=O)Nc1cccc([N+](=O)[O-])c1. The first kappa shape index (κ1) is 11.5. The van der Waals surface area contributed by atoms with E-state index in [1.807, 2.05) is 0 Å². The summed E-state index contributed by atoms with van der Waals surface area (Å²) in [6.45, 7) is -0.152. The van der Waals surface area contributed by atoms with E-state index in [0.29, 0.717) is 0 Å². The summed E-state index contributed by atoms with van der Waals surface area (Å²) in [6.07, 6.45) is 4.14. The molecule has 0 unspecified atom stereocenters. The number of carbonyl (C=O) groups excluding carboxylic acids is 1.